The first-order valence-electron chi connectivity index (χ1n) is 9.66. The fourth-order valence-corrected chi connectivity index (χ4v) is 3.76. The summed E-state index contributed by atoms with van der Waals surface area (Å²) in [4.78, 5) is 12.5. The monoisotopic (exact) mass is 378 g/mol. The molecule has 0 aliphatic carbocycles. The number of carbonyl (C=O) groups is 1. The third kappa shape index (κ3) is 5.38. The fraction of sp³-hybridized carbons (Fsp3) is 0.682. The predicted octanol–water partition coefficient (Wildman–Crippen LogP) is 3.87. The molecular formula is C22H34O5. The van der Waals surface area contributed by atoms with Gasteiger partial charge in [-0.25, -0.2) is 0 Å². The van der Waals surface area contributed by atoms with Gasteiger partial charge in [0.15, 0.2) is 5.78 Å². The zero-order chi connectivity index (χ0) is 20.2. The Labute approximate surface area is 163 Å². The van der Waals surface area contributed by atoms with Crippen LogP contribution in [0.15, 0.2) is 35.5 Å². The lowest BCUT2D eigenvalue weighted by atomic mass is 9.85. The second-order valence-corrected chi connectivity index (χ2v) is 8.33. The average molecular weight is 379 g/mol. The van der Waals surface area contributed by atoms with Crippen molar-refractivity contribution in [2.45, 2.75) is 83.2 Å². The molecule has 152 valence electrons. The van der Waals surface area contributed by atoms with Crippen molar-refractivity contribution in [1.82, 2.24) is 0 Å². The topological polar surface area (TPSA) is 65.0 Å². The molecule has 5 heteroatoms. The van der Waals surface area contributed by atoms with Crippen LogP contribution in [0.1, 0.15) is 59.8 Å². The Kier molecular flexibility index (Phi) is 7.20. The van der Waals surface area contributed by atoms with E-state index in [4.69, 9.17) is 14.2 Å². The SMILES string of the molecule is C=C(C)/C1=C\C=C(\C)CCC(=O)[C@@](C)(O)CC[C@@H]2O[C@H]1C[C@@]2(C)OCOC. The Morgan fingerprint density at radius 1 is 1.37 bits per heavy atom. The van der Waals surface area contributed by atoms with Gasteiger partial charge in [-0.05, 0) is 52.5 Å². The number of methoxy groups -OCH3 is 1. The molecule has 5 nitrogen and oxygen atoms in total. The Morgan fingerprint density at radius 2 is 2.07 bits per heavy atom. The Hall–Kier alpha value is -1.27. The van der Waals surface area contributed by atoms with E-state index < -0.39 is 11.2 Å². The molecule has 1 N–H and O–H groups in total. The van der Waals surface area contributed by atoms with E-state index in [-0.39, 0.29) is 24.8 Å². The summed E-state index contributed by atoms with van der Waals surface area (Å²) < 4.78 is 17.5. The Morgan fingerprint density at radius 3 is 2.70 bits per heavy atom. The number of carbonyl (C=O) groups excluding carboxylic acids is 1. The minimum Gasteiger partial charge on any atom is -0.382 e. The molecule has 27 heavy (non-hydrogen) atoms. The van der Waals surface area contributed by atoms with Gasteiger partial charge >= 0.3 is 0 Å². The number of hydrogen-bond donors (Lipinski definition) is 1. The first-order chi connectivity index (χ1) is 12.6. The lowest BCUT2D eigenvalue weighted by Gasteiger charge is -2.31. The Balaban J connectivity index is 2.39. The summed E-state index contributed by atoms with van der Waals surface area (Å²) in [6, 6.07) is 0. The van der Waals surface area contributed by atoms with Crippen LogP contribution in [-0.4, -0.2) is 48.2 Å². The van der Waals surface area contributed by atoms with Crippen LogP contribution in [0, 0.1) is 0 Å². The minimum atomic E-state index is -1.36. The molecule has 0 radical (unpaired) electrons. The lowest BCUT2D eigenvalue weighted by molar-refractivity contribution is -0.153. The van der Waals surface area contributed by atoms with Gasteiger partial charge in [0.25, 0.3) is 0 Å². The van der Waals surface area contributed by atoms with Crippen LogP contribution in [0.4, 0.5) is 0 Å². The van der Waals surface area contributed by atoms with E-state index in [0.29, 0.717) is 32.1 Å². The highest BCUT2D eigenvalue weighted by molar-refractivity contribution is 5.86. The summed E-state index contributed by atoms with van der Waals surface area (Å²) in [5.41, 5.74) is 1.17. The van der Waals surface area contributed by atoms with Crippen molar-refractivity contribution in [2.75, 3.05) is 13.9 Å². The molecular weight excluding hydrogens is 344 g/mol. The number of ether oxygens (including phenoxy) is 3. The van der Waals surface area contributed by atoms with Gasteiger partial charge < -0.3 is 19.3 Å². The molecule has 1 saturated heterocycles. The van der Waals surface area contributed by atoms with Crippen LogP contribution in [0.25, 0.3) is 0 Å². The number of Topliss-reactive ketones (excluding diaryl/α,β-unsaturated/α-hetero) is 1. The van der Waals surface area contributed by atoms with Gasteiger partial charge in [0.05, 0.1) is 17.8 Å². The number of allylic oxidation sites excluding steroid dienone is 3. The normalized spacial score (nSPS) is 39.4. The van der Waals surface area contributed by atoms with Crippen molar-refractivity contribution in [3.05, 3.63) is 35.5 Å². The maximum atomic E-state index is 12.5. The zero-order valence-corrected chi connectivity index (χ0v) is 17.3. The third-order valence-electron chi connectivity index (χ3n) is 5.73. The summed E-state index contributed by atoms with van der Waals surface area (Å²) in [6.07, 6.45) is 6.19. The number of aliphatic hydroxyl groups is 1. The lowest BCUT2D eigenvalue weighted by Crippen LogP contribution is -2.42. The highest BCUT2D eigenvalue weighted by Gasteiger charge is 2.48. The molecule has 1 fully saturated rings. The maximum absolute atomic E-state index is 12.5. The van der Waals surface area contributed by atoms with Gasteiger partial charge in [0.1, 0.15) is 12.4 Å². The van der Waals surface area contributed by atoms with Crippen LogP contribution < -0.4 is 0 Å². The summed E-state index contributed by atoms with van der Waals surface area (Å²) in [5, 5.41) is 10.7. The number of rotatable bonds is 4. The first kappa shape index (κ1) is 22.0. The number of ketones is 1. The zero-order valence-electron chi connectivity index (χ0n) is 17.3. The van der Waals surface area contributed by atoms with Gasteiger partial charge in [-0.3, -0.25) is 4.79 Å². The molecule has 0 saturated carbocycles. The van der Waals surface area contributed by atoms with Crippen molar-refractivity contribution in [2.24, 2.45) is 0 Å². The molecule has 2 aliphatic rings. The average Bonchev–Trinajstić information content (AvgIpc) is 2.92. The van der Waals surface area contributed by atoms with Crippen LogP contribution >= 0.6 is 0 Å². The van der Waals surface area contributed by atoms with Crippen LogP contribution in [-0.2, 0) is 19.0 Å². The maximum Gasteiger partial charge on any atom is 0.164 e. The Bertz CT molecular complexity index is 631. The molecule has 2 bridgehead atoms. The van der Waals surface area contributed by atoms with E-state index in [1.165, 1.54) is 0 Å². The number of fused-ring (bicyclic) bond motifs is 2. The van der Waals surface area contributed by atoms with Crippen LogP contribution in [0.5, 0.6) is 0 Å². The van der Waals surface area contributed by atoms with E-state index in [0.717, 1.165) is 16.7 Å². The van der Waals surface area contributed by atoms with E-state index in [1.54, 1.807) is 14.0 Å². The highest BCUT2D eigenvalue weighted by Crippen LogP contribution is 2.41. The molecule has 0 aromatic heterocycles. The fourth-order valence-electron chi connectivity index (χ4n) is 3.76. The molecule has 0 amide bonds. The summed E-state index contributed by atoms with van der Waals surface area (Å²) in [6.45, 7) is 11.9. The van der Waals surface area contributed by atoms with Crippen molar-refractivity contribution in [3.8, 4) is 0 Å². The van der Waals surface area contributed by atoms with Gasteiger partial charge in [-0.1, -0.05) is 29.9 Å². The third-order valence-corrected chi connectivity index (χ3v) is 5.73. The smallest absolute Gasteiger partial charge is 0.164 e. The molecule has 0 aromatic carbocycles. The van der Waals surface area contributed by atoms with Gasteiger partial charge in [-0.15, -0.1) is 0 Å². The van der Waals surface area contributed by atoms with Gasteiger partial charge in [-0.2, -0.15) is 0 Å². The second-order valence-electron chi connectivity index (χ2n) is 8.33. The standard InChI is InChI=1S/C22H34O5/c1-15(2)17-9-7-16(3)8-10-19(23)21(4,24)12-11-20-22(5,26-14-25-6)13-18(17)27-20/h7,9,18,20,24H,1,8,10-14H2,2-6H3/b16-7-,17-9+/t18-,20-,21-,22+/m0/s1. The molecule has 2 rings (SSSR count). The van der Waals surface area contributed by atoms with E-state index in [9.17, 15) is 9.90 Å². The second kappa shape index (κ2) is 8.82. The van der Waals surface area contributed by atoms with Crippen LogP contribution in [0.2, 0.25) is 0 Å². The van der Waals surface area contributed by atoms with E-state index >= 15 is 0 Å². The quantitative estimate of drug-likeness (QED) is 0.753. The van der Waals surface area contributed by atoms with Crippen molar-refractivity contribution in [3.63, 3.8) is 0 Å². The van der Waals surface area contributed by atoms with Gasteiger partial charge in [0, 0.05) is 20.0 Å². The summed E-state index contributed by atoms with van der Waals surface area (Å²) >= 11 is 0. The van der Waals surface area contributed by atoms with Crippen LogP contribution in [0.3, 0.4) is 0 Å². The number of hydrogen-bond acceptors (Lipinski definition) is 5. The molecule has 2 aliphatic heterocycles. The largest absolute Gasteiger partial charge is 0.382 e. The summed E-state index contributed by atoms with van der Waals surface area (Å²) in [7, 11) is 1.59. The highest BCUT2D eigenvalue weighted by atomic mass is 16.7. The predicted molar refractivity (Wildman–Crippen MR) is 105 cm³/mol. The molecule has 0 aromatic rings. The van der Waals surface area contributed by atoms with Crippen molar-refractivity contribution in [1.29, 1.82) is 0 Å². The molecule has 0 unspecified atom stereocenters. The first-order valence-corrected chi connectivity index (χ1v) is 9.66. The molecule has 0 spiro atoms. The summed E-state index contributed by atoms with van der Waals surface area (Å²) in [5.74, 6) is -0.132. The molecule has 4 atom stereocenters. The molecule has 2 heterocycles. The van der Waals surface area contributed by atoms with Crippen molar-refractivity contribution >= 4 is 5.78 Å². The van der Waals surface area contributed by atoms with E-state index in [2.05, 4.69) is 6.58 Å². The minimum absolute atomic E-state index is 0.132. The van der Waals surface area contributed by atoms with Gasteiger partial charge in [0.2, 0.25) is 0 Å². The van der Waals surface area contributed by atoms with Crippen molar-refractivity contribution < 1.29 is 24.1 Å². The van der Waals surface area contributed by atoms with E-state index in [1.807, 2.05) is 32.9 Å².